The van der Waals surface area contributed by atoms with Crippen LogP contribution in [0.4, 0.5) is 0 Å². The molecule has 0 saturated heterocycles. The zero-order valence-corrected chi connectivity index (χ0v) is 9.06. The monoisotopic (exact) mass is 161 g/mol. The van der Waals surface area contributed by atoms with Crippen LogP contribution < -0.4 is 18.9 Å². The van der Waals surface area contributed by atoms with E-state index in [-0.39, 0.29) is 24.4 Å². The third-order valence-corrected chi connectivity index (χ3v) is 2.14. The fourth-order valence-electron chi connectivity index (χ4n) is 1.76. The molecular weight excluding hydrogens is 141 g/mol. The Morgan fingerprint density at radius 2 is 1.50 bits per heavy atom. The Morgan fingerprint density at radius 3 is 1.92 bits per heavy atom. The molecule has 0 bridgehead atoms. The molecule has 66 valence electrons. The van der Waals surface area contributed by atoms with Gasteiger partial charge in [-0.05, 0) is 0 Å². The van der Waals surface area contributed by atoms with E-state index in [2.05, 4.69) is 20.8 Å². The van der Waals surface area contributed by atoms with Crippen LogP contribution in [0.25, 0.3) is 5.32 Å². The van der Waals surface area contributed by atoms with E-state index in [0.29, 0.717) is 6.04 Å². The maximum Gasteiger partial charge on any atom is 1.00 e. The van der Waals surface area contributed by atoms with Crippen LogP contribution in [-0.2, 0) is 0 Å². The van der Waals surface area contributed by atoms with Crippen LogP contribution >= 0.6 is 0 Å². The Bertz CT molecular complexity index is 111. The molecule has 0 N–H and O–H groups in total. The standard InChI is InChI=1S/C10H20N.Li/c1-10(2,3)11-9-7-5-4-6-8-9;/h9H,4-8H2,1-3H3;/q-1;+1. The van der Waals surface area contributed by atoms with Crippen molar-refractivity contribution in [3.63, 3.8) is 0 Å². The van der Waals surface area contributed by atoms with Crippen molar-refractivity contribution in [3.05, 3.63) is 5.32 Å². The van der Waals surface area contributed by atoms with Gasteiger partial charge in [0.1, 0.15) is 0 Å². The maximum atomic E-state index is 4.77. The van der Waals surface area contributed by atoms with Crippen molar-refractivity contribution in [3.8, 4) is 0 Å². The van der Waals surface area contributed by atoms with Crippen molar-refractivity contribution in [2.24, 2.45) is 0 Å². The molecule has 1 rings (SSSR count). The van der Waals surface area contributed by atoms with Crippen molar-refractivity contribution in [1.29, 1.82) is 0 Å². The zero-order chi connectivity index (χ0) is 8.32. The first-order valence-electron chi connectivity index (χ1n) is 4.80. The Labute approximate surface area is 88.9 Å². The van der Waals surface area contributed by atoms with Crippen LogP contribution in [0.2, 0.25) is 0 Å². The molecule has 1 aliphatic rings. The van der Waals surface area contributed by atoms with Crippen molar-refractivity contribution in [2.75, 3.05) is 0 Å². The molecule has 0 heterocycles. The summed E-state index contributed by atoms with van der Waals surface area (Å²) in [7, 11) is 0. The molecule has 1 aliphatic carbocycles. The second-order valence-corrected chi connectivity index (χ2v) is 4.59. The predicted molar refractivity (Wildman–Crippen MR) is 50.0 cm³/mol. The normalized spacial score (nSPS) is 20.2. The van der Waals surface area contributed by atoms with Crippen molar-refractivity contribution >= 4 is 0 Å². The van der Waals surface area contributed by atoms with Gasteiger partial charge in [0.05, 0.1) is 0 Å². The first-order chi connectivity index (χ1) is 5.08. The van der Waals surface area contributed by atoms with Crippen molar-refractivity contribution in [2.45, 2.75) is 64.5 Å². The topological polar surface area (TPSA) is 14.1 Å². The van der Waals surface area contributed by atoms with Gasteiger partial charge in [0.15, 0.2) is 0 Å². The minimum atomic E-state index is 0. The Morgan fingerprint density at radius 1 is 1.00 bits per heavy atom. The number of hydrogen-bond acceptors (Lipinski definition) is 0. The van der Waals surface area contributed by atoms with Gasteiger partial charge in [-0.1, -0.05) is 52.9 Å². The van der Waals surface area contributed by atoms with E-state index in [1.807, 2.05) is 0 Å². The van der Waals surface area contributed by atoms with E-state index >= 15 is 0 Å². The van der Waals surface area contributed by atoms with Crippen molar-refractivity contribution in [1.82, 2.24) is 0 Å². The third kappa shape index (κ3) is 5.25. The van der Waals surface area contributed by atoms with E-state index in [1.165, 1.54) is 32.1 Å². The molecule has 1 saturated carbocycles. The fraction of sp³-hybridized carbons (Fsp3) is 1.00. The summed E-state index contributed by atoms with van der Waals surface area (Å²) in [6, 6.07) is 0.670. The molecule has 0 atom stereocenters. The SMILES string of the molecule is CC(C)(C)[N-]C1CCCCC1.[Li+]. The average Bonchev–Trinajstić information content (AvgIpc) is 1.85. The minimum Gasteiger partial charge on any atom is -0.655 e. The smallest absolute Gasteiger partial charge is 0.655 e. The Hall–Kier alpha value is 0.557. The van der Waals surface area contributed by atoms with E-state index in [0.717, 1.165) is 0 Å². The Balaban J connectivity index is 0.00000121. The van der Waals surface area contributed by atoms with Crippen LogP contribution in [0, 0.1) is 0 Å². The van der Waals surface area contributed by atoms with Gasteiger partial charge in [0.2, 0.25) is 0 Å². The van der Waals surface area contributed by atoms with E-state index < -0.39 is 0 Å². The molecule has 0 amide bonds. The summed E-state index contributed by atoms with van der Waals surface area (Å²) in [5.74, 6) is 0. The van der Waals surface area contributed by atoms with Crippen LogP contribution in [0.3, 0.4) is 0 Å². The summed E-state index contributed by atoms with van der Waals surface area (Å²) in [4.78, 5) is 0. The zero-order valence-electron chi connectivity index (χ0n) is 9.06. The molecule has 0 spiro atoms. The second-order valence-electron chi connectivity index (χ2n) is 4.59. The fourth-order valence-corrected chi connectivity index (χ4v) is 1.76. The van der Waals surface area contributed by atoms with Gasteiger partial charge in [-0.25, -0.2) is 0 Å². The Kier molecular flexibility index (Phi) is 5.57. The van der Waals surface area contributed by atoms with Crippen molar-refractivity contribution < 1.29 is 18.9 Å². The largest absolute Gasteiger partial charge is 1.00 e. The predicted octanol–water partition coefficient (Wildman–Crippen LogP) is 0.495. The summed E-state index contributed by atoms with van der Waals surface area (Å²) in [6.45, 7) is 6.59. The minimum absolute atomic E-state index is 0. The molecule has 1 nitrogen and oxygen atoms in total. The van der Waals surface area contributed by atoms with Gasteiger partial charge in [0, 0.05) is 0 Å². The van der Waals surface area contributed by atoms with Crippen LogP contribution in [0.15, 0.2) is 0 Å². The molecule has 0 unspecified atom stereocenters. The number of rotatable bonds is 1. The average molecular weight is 161 g/mol. The molecule has 0 aromatic rings. The summed E-state index contributed by atoms with van der Waals surface area (Å²) in [6.07, 6.45) is 6.87. The summed E-state index contributed by atoms with van der Waals surface area (Å²) >= 11 is 0. The van der Waals surface area contributed by atoms with Gasteiger partial charge in [-0.3, -0.25) is 0 Å². The molecule has 0 aromatic heterocycles. The van der Waals surface area contributed by atoms with Gasteiger partial charge in [-0.2, -0.15) is 0 Å². The molecule has 0 aliphatic heterocycles. The first kappa shape index (κ1) is 12.6. The number of hydrogen-bond donors (Lipinski definition) is 0. The third-order valence-electron chi connectivity index (χ3n) is 2.14. The van der Waals surface area contributed by atoms with E-state index in [1.54, 1.807) is 0 Å². The molecule has 0 aromatic carbocycles. The molecule has 0 radical (unpaired) electrons. The summed E-state index contributed by atoms with van der Waals surface area (Å²) in [5.41, 5.74) is 0.183. The van der Waals surface area contributed by atoms with Gasteiger partial charge in [0.25, 0.3) is 0 Å². The maximum absolute atomic E-state index is 4.77. The van der Waals surface area contributed by atoms with E-state index in [9.17, 15) is 0 Å². The van der Waals surface area contributed by atoms with E-state index in [4.69, 9.17) is 5.32 Å². The van der Waals surface area contributed by atoms with Gasteiger partial charge in [-0.15, -0.1) is 11.6 Å². The quantitative estimate of drug-likeness (QED) is 0.497. The van der Waals surface area contributed by atoms with Crippen LogP contribution in [-0.4, -0.2) is 11.6 Å². The van der Waals surface area contributed by atoms with Gasteiger partial charge >= 0.3 is 18.9 Å². The van der Waals surface area contributed by atoms with Crippen LogP contribution in [0.1, 0.15) is 52.9 Å². The number of nitrogens with zero attached hydrogens (tertiary/aromatic N) is 1. The first-order valence-corrected chi connectivity index (χ1v) is 4.80. The second kappa shape index (κ2) is 5.32. The van der Waals surface area contributed by atoms with Crippen LogP contribution in [0.5, 0.6) is 0 Å². The summed E-state index contributed by atoms with van der Waals surface area (Å²) in [5, 5.41) is 4.77. The molecular formula is C10H20LiN. The molecule has 2 heteroatoms. The van der Waals surface area contributed by atoms with Gasteiger partial charge < -0.3 is 5.32 Å². The summed E-state index contributed by atoms with van der Waals surface area (Å²) < 4.78 is 0. The molecule has 1 fully saturated rings. The molecule has 12 heavy (non-hydrogen) atoms.